The molecule has 3 saturated heterocycles. The average molecular weight is 384 g/mol. The fourth-order valence-electron chi connectivity index (χ4n) is 4.82. The van der Waals surface area contributed by atoms with Crippen molar-refractivity contribution in [3.63, 3.8) is 0 Å². The number of anilines is 2. The van der Waals surface area contributed by atoms with E-state index in [1.54, 1.807) is 12.4 Å². The van der Waals surface area contributed by atoms with Crippen molar-refractivity contribution in [3.05, 3.63) is 24.2 Å². The molecule has 1 unspecified atom stereocenters. The Balaban J connectivity index is 1.23. The molecule has 150 valence electrons. The van der Waals surface area contributed by atoms with Crippen LogP contribution in [-0.2, 0) is 4.74 Å². The van der Waals surface area contributed by atoms with Gasteiger partial charge in [-0.25, -0.2) is 0 Å². The van der Waals surface area contributed by atoms with Crippen LogP contribution in [0.2, 0.25) is 0 Å². The SMILES string of the molecule is CN1[C@@H]2CCC[C@H]1CC(Oc1cncc(Nc3cc([C@H]4CCOC4)[nH]n3)n1)C2. The van der Waals surface area contributed by atoms with E-state index in [1.165, 1.54) is 19.3 Å². The number of hydrogen-bond donors (Lipinski definition) is 2. The van der Waals surface area contributed by atoms with Crippen LogP contribution in [0.25, 0.3) is 0 Å². The Morgan fingerprint density at radius 2 is 2.04 bits per heavy atom. The van der Waals surface area contributed by atoms with Crippen LogP contribution in [0.1, 0.15) is 50.1 Å². The number of piperidine rings is 2. The van der Waals surface area contributed by atoms with Crippen LogP contribution >= 0.6 is 0 Å². The Kier molecular flexibility index (Phi) is 4.90. The first kappa shape index (κ1) is 17.9. The summed E-state index contributed by atoms with van der Waals surface area (Å²) < 4.78 is 11.7. The Hall–Kier alpha value is -2.19. The van der Waals surface area contributed by atoms with Gasteiger partial charge in [-0.3, -0.25) is 10.1 Å². The van der Waals surface area contributed by atoms with Gasteiger partial charge in [0.1, 0.15) is 6.10 Å². The van der Waals surface area contributed by atoms with E-state index in [-0.39, 0.29) is 6.10 Å². The van der Waals surface area contributed by atoms with E-state index in [1.807, 2.05) is 6.07 Å². The van der Waals surface area contributed by atoms with Gasteiger partial charge in [-0.15, -0.1) is 0 Å². The molecule has 2 bridgehead atoms. The van der Waals surface area contributed by atoms with Gasteiger partial charge in [0.05, 0.1) is 19.0 Å². The Morgan fingerprint density at radius 3 is 2.82 bits per heavy atom. The van der Waals surface area contributed by atoms with Crippen molar-refractivity contribution in [2.75, 3.05) is 25.6 Å². The van der Waals surface area contributed by atoms with Crippen molar-refractivity contribution in [1.29, 1.82) is 0 Å². The lowest BCUT2D eigenvalue weighted by atomic mass is 9.83. The topological polar surface area (TPSA) is 88.2 Å². The van der Waals surface area contributed by atoms with E-state index < -0.39 is 0 Å². The third-order valence-electron chi connectivity index (χ3n) is 6.42. The van der Waals surface area contributed by atoms with Gasteiger partial charge in [-0.2, -0.15) is 10.1 Å². The maximum absolute atomic E-state index is 6.22. The van der Waals surface area contributed by atoms with Gasteiger partial charge in [-0.1, -0.05) is 6.42 Å². The minimum absolute atomic E-state index is 0.218. The highest BCUT2D eigenvalue weighted by Gasteiger charge is 2.37. The molecule has 5 heterocycles. The number of nitrogens with one attached hydrogen (secondary N) is 2. The van der Waals surface area contributed by atoms with Crippen molar-refractivity contribution >= 4 is 11.6 Å². The summed E-state index contributed by atoms with van der Waals surface area (Å²) in [7, 11) is 2.25. The highest BCUT2D eigenvalue weighted by Crippen LogP contribution is 2.34. The quantitative estimate of drug-likeness (QED) is 0.819. The minimum Gasteiger partial charge on any atom is -0.473 e. The van der Waals surface area contributed by atoms with Gasteiger partial charge >= 0.3 is 0 Å². The van der Waals surface area contributed by atoms with Crippen LogP contribution in [0.5, 0.6) is 5.88 Å². The molecule has 0 spiro atoms. The van der Waals surface area contributed by atoms with Crippen molar-refractivity contribution < 1.29 is 9.47 Å². The second kappa shape index (κ2) is 7.67. The smallest absolute Gasteiger partial charge is 0.234 e. The second-order valence-electron chi connectivity index (χ2n) is 8.25. The number of nitrogens with zero attached hydrogens (tertiary/aromatic N) is 4. The molecule has 3 aliphatic heterocycles. The molecule has 5 rings (SSSR count). The van der Waals surface area contributed by atoms with Crippen LogP contribution < -0.4 is 10.1 Å². The summed E-state index contributed by atoms with van der Waals surface area (Å²) in [6, 6.07) is 3.29. The highest BCUT2D eigenvalue weighted by molar-refractivity contribution is 5.51. The van der Waals surface area contributed by atoms with E-state index >= 15 is 0 Å². The Bertz CT molecular complexity index is 791. The standard InChI is InChI=1S/C20H28N6O2/c1-26-14-3-2-4-15(26)8-16(7-14)28-20-11-21-10-19(23-20)22-18-9-17(24-25-18)13-5-6-27-12-13/h9-11,13-16H,2-8,12H2,1H3,(H2,22,23,24,25)/t13-,14-,15+,16?/m0/s1. The first-order chi connectivity index (χ1) is 13.7. The zero-order valence-corrected chi connectivity index (χ0v) is 16.3. The third kappa shape index (κ3) is 3.71. The molecule has 4 atom stereocenters. The first-order valence-corrected chi connectivity index (χ1v) is 10.4. The van der Waals surface area contributed by atoms with Crippen LogP contribution in [0, 0.1) is 0 Å². The monoisotopic (exact) mass is 384 g/mol. The fourth-order valence-corrected chi connectivity index (χ4v) is 4.82. The molecule has 0 radical (unpaired) electrons. The largest absolute Gasteiger partial charge is 0.473 e. The summed E-state index contributed by atoms with van der Waals surface area (Å²) in [6.07, 6.45) is 10.7. The first-order valence-electron chi connectivity index (χ1n) is 10.4. The van der Waals surface area contributed by atoms with E-state index in [2.05, 4.69) is 37.4 Å². The number of aromatic nitrogens is 4. The molecule has 2 aromatic rings. The van der Waals surface area contributed by atoms with Crippen molar-refractivity contribution in [3.8, 4) is 5.88 Å². The zero-order valence-electron chi connectivity index (χ0n) is 16.3. The van der Waals surface area contributed by atoms with Crippen LogP contribution in [0.4, 0.5) is 11.6 Å². The van der Waals surface area contributed by atoms with Crippen LogP contribution in [0.3, 0.4) is 0 Å². The van der Waals surface area contributed by atoms with Gasteiger partial charge in [0.15, 0.2) is 11.6 Å². The van der Waals surface area contributed by atoms with E-state index in [9.17, 15) is 0 Å². The second-order valence-corrected chi connectivity index (χ2v) is 8.25. The number of fused-ring (bicyclic) bond motifs is 2. The number of rotatable bonds is 5. The zero-order chi connectivity index (χ0) is 18.9. The van der Waals surface area contributed by atoms with E-state index in [0.29, 0.717) is 29.7 Å². The maximum atomic E-state index is 6.22. The van der Waals surface area contributed by atoms with Crippen molar-refractivity contribution in [2.45, 2.75) is 62.6 Å². The predicted molar refractivity (Wildman–Crippen MR) is 105 cm³/mol. The summed E-state index contributed by atoms with van der Waals surface area (Å²) in [4.78, 5) is 11.4. The molecule has 3 fully saturated rings. The number of ether oxygens (including phenoxy) is 2. The maximum Gasteiger partial charge on any atom is 0.234 e. The molecular formula is C20H28N6O2. The minimum atomic E-state index is 0.218. The van der Waals surface area contributed by atoms with Gasteiger partial charge in [0.25, 0.3) is 0 Å². The molecule has 0 aliphatic carbocycles. The summed E-state index contributed by atoms with van der Waals surface area (Å²) in [5, 5.41) is 10.7. The number of aromatic amines is 1. The van der Waals surface area contributed by atoms with Crippen LogP contribution in [-0.4, -0.2) is 63.5 Å². The van der Waals surface area contributed by atoms with E-state index in [0.717, 1.165) is 44.0 Å². The normalized spacial score (nSPS) is 30.3. The lowest BCUT2D eigenvalue weighted by Crippen LogP contribution is -2.52. The Morgan fingerprint density at radius 1 is 1.18 bits per heavy atom. The average Bonchev–Trinajstić information content (AvgIpc) is 3.34. The molecule has 0 saturated carbocycles. The molecule has 8 nitrogen and oxygen atoms in total. The predicted octanol–water partition coefficient (Wildman–Crippen LogP) is 2.84. The molecule has 3 aliphatic rings. The number of H-pyrrole nitrogens is 1. The lowest BCUT2D eigenvalue weighted by molar-refractivity contribution is -0.00151. The summed E-state index contributed by atoms with van der Waals surface area (Å²) >= 11 is 0. The summed E-state index contributed by atoms with van der Waals surface area (Å²) in [5.41, 5.74) is 1.10. The van der Waals surface area contributed by atoms with Crippen molar-refractivity contribution in [2.24, 2.45) is 0 Å². The molecule has 8 heteroatoms. The number of hydrogen-bond acceptors (Lipinski definition) is 7. The van der Waals surface area contributed by atoms with Gasteiger partial charge < -0.3 is 19.7 Å². The Labute approximate surface area is 165 Å². The molecule has 0 amide bonds. The molecule has 2 aromatic heterocycles. The molecule has 28 heavy (non-hydrogen) atoms. The lowest BCUT2D eigenvalue weighted by Gasteiger charge is -2.46. The third-order valence-corrected chi connectivity index (χ3v) is 6.42. The van der Waals surface area contributed by atoms with E-state index in [4.69, 9.17) is 9.47 Å². The van der Waals surface area contributed by atoms with Crippen molar-refractivity contribution in [1.82, 2.24) is 25.1 Å². The molecule has 2 N–H and O–H groups in total. The summed E-state index contributed by atoms with van der Waals surface area (Å²) in [5.74, 6) is 2.36. The fraction of sp³-hybridized carbons (Fsp3) is 0.650. The molecular weight excluding hydrogens is 356 g/mol. The van der Waals surface area contributed by atoms with Gasteiger partial charge in [0.2, 0.25) is 5.88 Å². The van der Waals surface area contributed by atoms with Gasteiger partial charge in [-0.05, 0) is 39.2 Å². The summed E-state index contributed by atoms with van der Waals surface area (Å²) in [6.45, 7) is 1.57. The molecule has 0 aromatic carbocycles. The van der Waals surface area contributed by atoms with Gasteiger partial charge in [0, 0.05) is 36.4 Å². The van der Waals surface area contributed by atoms with Crippen LogP contribution in [0.15, 0.2) is 18.5 Å². The highest BCUT2D eigenvalue weighted by atomic mass is 16.5.